The topological polar surface area (TPSA) is 32.8 Å². The minimum atomic E-state index is 0.858. The van der Waals surface area contributed by atoms with Crippen molar-refractivity contribution in [3.8, 4) is 0 Å². The summed E-state index contributed by atoms with van der Waals surface area (Å²) in [5.41, 5.74) is 9.83. The van der Waals surface area contributed by atoms with E-state index in [9.17, 15) is 0 Å². The summed E-state index contributed by atoms with van der Waals surface area (Å²) in [6.45, 7) is 0. The lowest BCUT2D eigenvalue weighted by atomic mass is 10.0. The molecule has 57 heavy (non-hydrogen) atoms. The van der Waals surface area contributed by atoms with Crippen molar-refractivity contribution in [1.82, 2.24) is 0 Å². The smallest absolute Gasteiger partial charge is 0.137 e. The number of benzene rings is 9. The van der Waals surface area contributed by atoms with Crippen LogP contribution in [0.1, 0.15) is 0 Å². The summed E-state index contributed by atoms with van der Waals surface area (Å²) in [5.74, 6) is 0. The summed E-state index contributed by atoms with van der Waals surface area (Å²) in [6.07, 6.45) is 0. The van der Waals surface area contributed by atoms with Crippen LogP contribution in [0.4, 0.5) is 34.1 Å². The Hall–Kier alpha value is -7.34. The largest absolute Gasteiger partial charge is 0.456 e. The van der Waals surface area contributed by atoms with Crippen molar-refractivity contribution in [1.29, 1.82) is 0 Å². The molecule has 0 radical (unpaired) electrons. The molecule has 3 heterocycles. The Morgan fingerprint density at radius 1 is 0.298 bits per heavy atom. The van der Waals surface area contributed by atoms with Gasteiger partial charge in [0.25, 0.3) is 0 Å². The second-order valence-electron chi connectivity index (χ2n) is 14.5. The van der Waals surface area contributed by atoms with Crippen LogP contribution in [-0.4, -0.2) is 0 Å². The second-order valence-corrected chi connectivity index (χ2v) is 15.6. The molecule has 9 aromatic carbocycles. The highest BCUT2D eigenvalue weighted by molar-refractivity contribution is 7.25. The van der Waals surface area contributed by atoms with Gasteiger partial charge in [-0.3, -0.25) is 0 Å². The zero-order valence-corrected chi connectivity index (χ0v) is 31.4. The number of nitrogens with zero attached hydrogens (tertiary/aromatic N) is 2. The number of fused-ring (bicyclic) bond motifs is 11. The van der Waals surface area contributed by atoms with Crippen molar-refractivity contribution in [2.45, 2.75) is 0 Å². The van der Waals surface area contributed by atoms with Crippen LogP contribution in [0.5, 0.6) is 0 Å². The summed E-state index contributed by atoms with van der Waals surface area (Å²) in [6, 6.07) is 69.1. The van der Waals surface area contributed by atoms with E-state index in [-0.39, 0.29) is 0 Å². The van der Waals surface area contributed by atoms with E-state index in [1.54, 1.807) is 0 Å². The van der Waals surface area contributed by atoms with Gasteiger partial charge in [0, 0.05) is 81.9 Å². The monoisotopic (exact) mass is 748 g/mol. The second kappa shape index (κ2) is 12.6. The third-order valence-corrected chi connectivity index (χ3v) is 12.4. The Balaban J connectivity index is 1.07. The molecule has 0 aliphatic carbocycles. The van der Waals surface area contributed by atoms with Crippen molar-refractivity contribution < 1.29 is 8.83 Å². The molecular formula is C52H32N2O2S. The lowest BCUT2D eigenvalue weighted by molar-refractivity contribution is 0.668. The van der Waals surface area contributed by atoms with Gasteiger partial charge in [0.2, 0.25) is 0 Å². The van der Waals surface area contributed by atoms with Gasteiger partial charge in [-0.05, 0) is 108 Å². The zero-order valence-electron chi connectivity index (χ0n) is 30.6. The molecule has 5 heteroatoms. The van der Waals surface area contributed by atoms with Crippen LogP contribution in [-0.2, 0) is 0 Å². The molecule has 0 saturated heterocycles. The average molecular weight is 749 g/mol. The van der Waals surface area contributed by atoms with Gasteiger partial charge in [-0.25, -0.2) is 0 Å². The van der Waals surface area contributed by atoms with E-state index in [4.69, 9.17) is 8.83 Å². The molecule has 4 nitrogen and oxygen atoms in total. The van der Waals surface area contributed by atoms with Crippen molar-refractivity contribution in [3.63, 3.8) is 0 Å². The van der Waals surface area contributed by atoms with Crippen LogP contribution in [0.2, 0.25) is 0 Å². The van der Waals surface area contributed by atoms with Crippen LogP contribution in [0.25, 0.3) is 74.8 Å². The van der Waals surface area contributed by atoms with Gasteiger partial charge < -0.3 is 18.6 Å². The quantitative estimate of drug-likeness (QED) is 0.170. The molecule has 12 aromatic rings. The highest BCUT2D eigenvalue weighted by atomic mass is 32.1. The Labute approximate surface area is 331 Å². The molecule has 0 aliphatic heterocycles. The Bertz CT molecular complexity index is 3510. The maximum Gasteiger partial charge on any atom is 0.137 e. The molecule has 0 unspecified atom stereocenters. The molecule has 268 valence electrons. The van der Waals surface area contributed by atoms with Crippen LogP contribution >= 0.6 is 11.3 Å². The maximum atomic E-state index is 6.45. The number of thiophene rings is 1. The van der Waals surface area contributed by atoms with Gasteiger partial charge in [-0.1, -0.05) is 91.0 Å². The fourth-order valence-electron chi connectivity index (χ4n) is 8.62. The number of hydrogen-bond acceptors (Lipinski definition) is 5. The summed E-state index contributed by atoms with van der Waals surface area (Å²) < 4.78 is 15.3. The van der Waals surface area contributed by atoms with E-state index < -0.39 is 0 Å². The summed E-state index contributed by atoms with van der Waals surface area (Å²) >= 11 is 1.84. The summed E-state index contributed by atoms with van der Waals surface area (Å²) in [7, 11) is 0. The molecule has 0 spiro atoms. The van der Waals surface area contributed by atoms with Gasteiger partial charge in [0.15, 0.2) is 0 Å². The van der Waals surface area contributed by atoms with Crippen molar-refractivity contribution >= 4 is 120 Å². The first-order valence-electron chi connectivity index (χ1n) is 19.2. The lowest BCUT2D eigenvalue weighted by Crippen LogP contribution is -2.13. The highest BCUT2D eigenvalue weighted by Gasteiger charge is 2.21. The Morgan fingerprint density at radius 2 is 0.842 bits per heavy atom. The van der Waals surface area contributed by atoms with E-state index in [0.717, 1.165) is 83.4 Å². The molecule has 0 N–H and O–H groups in total. The third kappa shape index (κ3) is 5.13. The first kappa shape index (κ1) is 32.0. The van der Waals surface area contributed by atoms with Gasteiger partial charge >= 0.3 is 0 Å². The van der Waals surface area contributed by atoms with Crippen molar-refractivity contribution in [3.05, 3.63) is 194 Å². The first-order chi connectivity index (χ1) is 28.2. The summed E-state index contributed by atoms with van der Waals surface area (Å²) in [5, 5.41) is 9.33. The van der Waals surface area contributed by atoms with E-state index >= 15 is 0 Å². The predicted molar refractivity (Wildman–Crippen MR) is 241 cm³/mol. The fraction of sp³-hybridized carbons (Fsp3) is 0. The average Bonchev–Trinajstić information content (AvgIpc) is 3.95. The van der Waals surface area contributed by atoms with Gasteiger partial charge in [0.05, 0.1) is 0 Å². The molecular weight excluding hydrogens is 717 g/mol. The highest BCUT2D eigenvalue weighted by Crippen LogP contribution is 2.45. The molecule has 0 saturated carbocycles. The van der Waals surface area contributed by atoms with E-state index in [2.05, 4.69) is 180 Å². The van der Waals surface area contributed by atoms with Crippen LogP contribution in [0.15, 0.2) is 203 Å². The molecule has 0 fully saturated rings. The summed E-state index contributed by atoms with van der Waals surface area (Å²) in [4.78, 5) is 4.70. The third-order valence-electron chi connectivity index (χ3n) is 11.2. The van der Waals surface area contributed by atoms with Gasteiger partial charge in [-0.2, -0.15) is 0 Å². The molecule has 3 aromatic heterocycles. The number of rotatable bonds is 6. The zero-order chi connectivity index (χ0) is 37.5. The predicted octanol–water partition coefficient (Wildman–Crippen LogP) is 15.9. The van der Waals surface area contributed by atoms with Crippen LogP contribution < -0.4 is 9.80 Å². The number of furan rings is 2. The van der Waals surface area contributed by atoms with Crippen LogP contribution in [0.3, 0.4) is 0 Å². The van der Waals surface area contributed by atoms with Crippen molar-refractivity contribution in [2.75, 3.05) is 9.80 Å². The minimum Gasteiger partial charge on any atom is -0.456 e. The van der Waals surface area contributed by atoms with Crippen LogP contribution in [0, 0.1) is 0 Å². The standard InChI is InChI=1S/C52H32N2O2S/c1-2-11-34(12-3-1)53(37-23-21-33-22-27-48-52(44(33)30-37)43-17-5-8-19-47(43)55-48)35-13-10-14-36(29-35)54(38-25-28-51-45(31-38)42-16-6-9-20-50(42)57-51)39-24-26-41-40-15-4-7-18-46(40)56-49(41)32-39/h1-32H. The number of para-hydroxylation sites is 3. The molecule has 0 aliphatic rings. The molecule has 0 atom stereocenters. The van der Waals surface area contributed by atoms with E-state index in [1.165, 1.54) is 25.6 Å². The van der Waals surface area contributed by atoms with Gasteiger partial charge in [-0.15, -0.1) is 11.3 Å². The number of anilines is 6. The fourth-order valence-corrected chi connectivity index (χ4v) is 9.71. The normalized spacial score (nSPS) is 11.9. The maximum absolute atomic E-state index is 6.45. The molecule has 0 amide bonds. The van der Waals surface area contributed by atoms with E-state index in [0.29, 0.717) is 0 Å². The first-order valence-corrected chi connectivity index (χ1v) is 20.0. The minimum absolute atomic E-state index is 0.858. The van der Waals surface area contributed by atoms with E-state index in [1.807, 2.05) is 35.6 Å². The Morgan fingerprint density at radius 3 is 1.68 bits per heavy atom. The SMILES string of the molecule is c1ccc(N(c2cccc(N(c3ccc4c(c3)oc3ccccc34)c3ccc4sc5ccccc5c4c3)c2)c2ccc3ccc4oc5ccccc5c4c3c2)cc1. The Kier molecular flexibility index (Phi) is 7.06. The van der Waals surface area contributed by atoms with Crippen molar-refractivity contribution in [2.24, 2.45) is 0 Å². The molecule has 0 bridgehead atoms. The van der Waals surface area contributed by atoms with Gasteiger partial charge in [0.1, 0.15) is 22.3 Å². The number of hydrogen-bond donors (Lipinski definition) is 0. The lowest BCUT2D eigenvalue weighted by Gasteiger charge is -2.29. The molecule has 12 rings (SSSR count).